The number of oxazole rings is 1. The highest BCUT2D eigenvalue weighted by Gasteiger charge is 2.31. The minimum Gasteiger partial charge on any atom is -0.497 e. The number of carbonyl (C=O) groups excluding carboxylic acids is 2. The number of benzene rings is 2. The summed E-state index contributed by atoms with van der Waals surface area (Å²) in [6.45, 7) is 3.99. The molecule has 0 aliphatic heterocycles. The van der Waals surface area contributed by atoms with E-state index in [1.807, 2.05) is 44.2 Å². The van der Waals surface area contributed by atoms with E-state index in [-0.39, 0.29) is 17.8 Å². The third kappa shape index (κ3) is 5.46. The first-order valence-corrected chi connectivity index (χ1v) is 11.9. The fraction of sp³-hybridized carbons (Fsp3) is 0.393. The average molecular weight is 478 g/mol. The Bertz CT molecular complexity index is 1210. The molecule has 0 bridgehead atoms. The second-order valence-corrected chi connectivity index (χ2v) is 8.90. The molecule has 0 saturated heterocycles. The van der Waals surface area contributed by atoms with Crippen LogP contribution in [-0.4, -0.2) is 37.1 Å². The van der Waals surface area contributed by atoms with Crippen molar-refractivity contribution in [3.8, 4) is 17.2 Å². The molecule has 1 aliphatic rings. The lowest BCUT2D eigenvalue weighted by molar-refractivity contribution is 0.00215. The monoisotopic (exact) mass is 477 g/mol. The van der Waals surface area contributed by atoms with E-state index in [2.05, 4.69) is 4.98 Å². The van der Waals surface area contributed by atoms with Crippen LogP contribution in [0, 0.1) is 19.8 Å². The number of nitrogens with zero attached hydrogens (tertiary/aromatic N) is 1. The maximum Gasteiger partial charge on any atom is 0.338 e. The number of ether oxygens (including phenoxy) is 3. The summed E-state index contributed by atoms with van der Waals surface area (Å²) in [5, 5.41) is 0. The predicted molar refractivity (Wildman–Crippen MR) is 131 cm³/mol. The second-order valence-electron chi connectivity index (χ2n) is 8.90. The number of aryl methyl sites for hydroxylation is 2. The molecule has 0 N–H and O–H groups in total. The van der Waals surface area contributed by atoms with Crippen LogP contribution in [0.2, 0.25) is 0 Å². The van der Waals surface area contributed by atoms with Crippen molar-refractivity contribution in [2.45, 2.75) is 52.2 Å². The van der Waals surface area contributed by atoms with E-state index in [0.717, 1.165) is 41.8 Å². The van der Waals surface area contributed by atoms with Crippen molar-refractivity contribution >= 4 is 11.8 Å². The fourth-order valence-electron chi connectivity index (χ4n) is 4.64. The van der Waals surface area contributed by atoms with E-state index in [1.165, 1.54) is 7.11 Å². The molecule has 0 amide bonds. The highest BCUT2D eigenvalue weighted by Crippen LogP contribution is 2.32. The van der Waals surface area contributed by atoms with Crippen molar-refractivity contribution in [1.29, 1.82) is 0 Å². The van der Waals surface area contributed by atoms with Gasteiger partial charge >= 0.3 is 5.97 Å². The first kappa shape index (κ1) is 24.7. The third-order valence-corrected chi connectivity index (χ3v) is 6.59. The Hall–Kier alpha value is -3.45. The number of esters is 1. The standard InChI is InChI=1S/C28H31NO6/c1-17-8-5-13-23(25(17)28(31)33-4)26(30)19-9-6-12-22(14-19)34-16-24-18(2)35-27(29-24)20-10-7-11-21(15-20)32-3/h5,7-8,10-11,13,15,19,22H,6,9,12,14,16H2,1-4H3/t19-,22+/m1/s1. The molecule has 0 unspecified atom stereocenters. The number of rotatable bonds is 8. The molecule has 2 aromatic carbocycles. The smallest absolute Gasteiger partial charge is 0.338 e. The van der Waals surface area contributed by atoms with Gasteiger partial charge in [0, 0.05) is 17.0 Å². The molecule has 1 aromatic heterocycles. The van der Waals surface area contributed by atoms with Gasteiger partial charge < -0.3 is 18.6 Å². The Morgan fingerprint density at radius 3 is 2.66 bits per heavy atom. The molecule has 184 valence electrons. The molecular weight excluding hydrogens is 446 g/mol. The van der Waals surface area contributed by atoms with Crippen LogP contribution in [0.5, 0.6) is 5.75 Å². The summed E-state index contributed by atoms with van der Waals surface area (Å²) >= 11 is 0. The Kier molecular flexibility index (Phi) is 7.66. The van der Waals surface area contributed by atoms with Gasteiger partial charge in [0.1, 0.15) is 17.2 Å². The summed E-state index contributed by atoms with van der Waals surface area (Å²) in [4.78, 5) is 30.3. The summed E-state index contributed by atoms with van der Waals surface area (Å²) in [5.41, 5.74) is 3.09. The summed E-state index contributed by atoms with van der Waals surface area (Å²) in [5.74, 6) is 1.24. The molecule has 2 atom stereocenters. The van der Waals surface area contributed by atoms with E-state index in [0.29, 0.717) is 35.8 Å². The SMILES string of the molecule is COC(=O)c1c(C)cccc1C(=O)[C@@H]1CCC[C@H](OCc2nc(-c3cccc(OC)c3)oc2C)C1. The zero-order chi connectivity index (χ0) is 24.9. The van der Waals surface area contributed by atoms with Gasteiger partial charge in [-0.2, -0.15) is 0 Å². The minimum atomic E-state index is -0.483. The average Bonchev–Trinajstić information content (AvgIpc) is 3.27. The lowest BCUT2D eigenvalue weighted by Crippen LogP contribution is -2.29. The van der Waals surface area contributed by atoms with Gasteiger partial charge in [0.2, 0.25) is 5.89 Å². The Labute approximate surface area is 205 Å². The first-order chi connectivity index (χ1) is 16.9. The molecule has 1 aliphatic carbocycles. The maximum atomic E-state index is 13.4. The lowest BCUT2D eigenvalue weighted by Gasteiger charge is -2.28. The van der Waals surface area contributed by atoms with Crippen molar-refractivity contribution in [3.05, 3.63) is 70.6 Å². The Morgan fingerprint density at radius 1 is 1.09 bits per heavy atom. The molecule has 1 fully saturated rings. The van der Waals surface area contributed by atoms with E-state index >= 15 is 0 Å². The van der Waals surface area contributed by atoms with Gasteiger partial charge in [-0.25, -0.2) is 9.78 Å². The van der Waals surface area contributed by atoms with Crippen molar-refractivity contribution in [1.82, 2.24) is 4.98 Å². The van der Waals surface area contributed by atoms with E-state index in [4.69, 9.17) is 18.6 Å². The number of hydrogen-bond acceptors (Lipinski definition) is 7. The number of carbonyl (C=O) groups is 2. The first-order valence-electron chi connectivity index (χ1n) is 11.9. The van der Waals surface area contributed by atoms with Crippen molar-refractivity contribution in [2.24, 2.45) is 5.92 Å². The van der Waals surface area contributed by atoms with Crippen LogP contribution < -0.4 is 4.74 Å². The van der Waals surface area contributed by atoms with Gasteiger partial charge in [0.25, 0.3) is 0 Å². The van der Waals surface area contributed by atoms with Crippen molar-refractivity contribution < 1.29 is 28.2 Å². The van der Waals surface area contributed by atoms with Gasteiger partial charge in [-0.15, -0.1) is 0 Å². The van der Waals surface area contributed by atoms with E-state index < -0.39 is 5.97 Å². The summed E-state index contributed by atoms with van der Waals surface area (Å²) in [7, 11) is 2.95. The van der Waals surface area contributed by atoms with Gasteiger partial charge in [0.05, 0.1) is 32.5 Å². The molecule has 3 aromatic rings. The van der Waals surface area contributed by atoms with Crippen LogP contribution in [0.25, 0.3) is 11.5 Å². The number of Topliss-reactive ketones (excluding diaryl/α,β-unsaturated/α-hetero) is 1. The minimum absolute atomic E-state index is 0.0275. The molecule has 7 nitrogen and oxygen atoms in total. The second kappa shape index (κ2) is 10.9. The number of methoxy groups -OCH3 is 2. The quantitative estimate of drug-likeness (QED) is 0.303. The van der Waals surface area contributed by atoms with Crippen LogP contribution in [-0.2, 0) is 16.1 Å². The predicted octanol–water partition coefficient (Wildman–Crippen LogP) is 5.71. The van der Waals surface area contributed by atoms with Crippen LogP contribution in [0.15, 0.2) is 46.9 Å². The van der Waals surface area contributed by atoms with Crippen LogP contribution in [0.3, 0.4) is 0 Å². The van der Waals surface area contributed by atoms with E-state index in [9.17, 15) is 9.59 Å². The molecule has 35 heavy (non-hydrogen) atoms. The zero-order valence-electron chi connectivity index (χ0n) is 20.6. The third-order valence-electron chi connectivity index (χ3n) is 6.59. The molecule has 1 saturated carbocycles. The molecule has 4 rings (SSSR count). The lowest BCUT2D eigenvalue weighted by atomic mass is 9.81. The molecule has 7 heteroatoms. The van der Waals surface area contributed by atoms with Gasteiger partial charge in [-0.05, 0) is 56.9 Å². The fourth-order valence-corrected chi connectivity index (χ4v) is 4.64. The van der Waals surface area contributed by atoms with Crippen LogP contribution in [0.4, 0.5) is 0 Å². The highest BCUT2D eigenvalue weighted by molar-refractivity contribution is 6.08. The van der Waals surface area contributed by atoms with Gasteiger partial charge in [-0.1, -0.05) is 30.7 Å². The number of aromatic nitrogens is 1. The molecule has 0 radical (unpaired) electrons. The zero-order valence-corrected chi connectivity index (χ0v) is 20.6. The van der Waals surface area contributed by atoms with E-state index in [1.54, 1.807) is 19.2 Å². The maximum absolute atomic E-state index is 13.4. The number of ketones is 1. The van der Waals surface area contributed by atoms with Gasteiger partial charge in [-0.3, -0.25) is 4.79 Å². The van der Waals surface area contributed by atoms with Crippen LogP contribution in [0.1, 0.15) is 63.4 Å². The number of hydrogen-bond donors (Lipinski definition) is 0. The summed E-state index contributed by atoms with van der Waals surface area (Å²) in [6.07, 6.45) is 3.07. The largest absolute Gasteiger partial charge is 0.497 e. The van der Waals surface area contributed by atoms with Crippen molar-refractivity contribution in [2.75, 3.05) is 14.2 Å². The topological polar surface area (TPSA) is 87.9 Å². The van der Waals surface area contributed by atoms with Crippen LogP contribution >= 0.6 is 0 Å². The van der Waals surface area contributed by atoms with Crippen molar-refractivity contribution in [3.63, 3.8) is 0 Å². The summed E-state index contributed by atoms with van der Waals surface area (Å²) < 4.78 is 22.3. The summed E-state index contributed by atoms with van der Waals surface area (Å²) in [6, 6.07) is 12.9. The molecule has 0 spiro atoms. The molecule has 1 heterocycles. The molecular formula is C28H31NO6. The Balaban J connectivity index is 1.43. The Morgan fingerprint density at radius 2 is 1.89 bits per heavy atom. The highest BCUT2D eigenvalue weighted by atomic mass is 16.5. The van der Waals surface area contributed by atoms with Gasteiger partial charge in [0.15, 0.2) is 5.78 Å². The normalized spacial score (nSPS) is 17.7.